The maximum absolute atomic E-state index is 12.4. The fraction of sp³-hybridized carbons (Fsp3) is 0.900. The number of hydrogen-bond acceptors (Lipinski definition) is 8. The van der Waals surface area contributed by atoms with Crippen LogP contribution in [0.15, 0.2) is 0 Å². The zero-order valence-corrected chi connectivity index (χ0v) is 25.3. The summed E-state index contributed by atoms with van der Waals surface area (Å²) >= 11 is 0. The van der Waals surface area contributed by atoms with E-state index in [0.717, 1.165) is 19.3 Å². The van der Waals surface area contributed by atoms with Crippen molar-refractivity contribution in [3.8, 4) is 0 Å². The molecule has 0 spiro atoms. The molecule has 0 aliphatic carbocycles. The Kier molecular flexibility index (Phi) is 25.9. The van der Waals surface area contributed by atoms with Gasteiger partial charge in [-0.05, 0) is 20.3 Å². The van der Waals surface area contributed by atoms with Gasteiger partial charge < -0.3 is 12.3 Å². The summed E-state index contributed by atoms with van der Waals surface area (Å²) in [4.78, 5) is 30.1. The Labute approximate surface area is 240 Å². The first-order valence-corrected chi connectivity index (χ1v) is 12.3. The Morgan fingerprint density at radius 1 is 0.844 bits per heavy atom. The summed E-state index contributed by atoms with van der Waals surface area (Å²) in [6.45, 7) is 4.89. The maximum Gasteiger partial charge on any atom is 1.00 e. The summed E-state index contributed by atoms with van der Waals surface area (Å²) in [6.07, 6.45) is 9.79. The molecule has 0 aromatic heterocycles. The predicted molar refractivity (Wildman–Crippen MR) is 113 cm³/mol. The zero-order valence-electron chi connectivity index (χ0n) is 22.5. The first kappa shape index (κ1) is 37.3. The van der Waals surface area contributed by atoms with E-state index in [4.69, 9.17) is 9.47 Å². The van der Waals surface area contributed by atoms with Gasteiger partial charge in [0.05, 0.1) is 13.2 Å². The molecule has 0 amide bonds. The molecule has 12 heteroatoms. The zero-order chi connectivity index (χ0) is 22.9. The molecule has 0 saturated carbocycles. The van der Waals surface area contributed by atoms with Gasteiger partial charge in [0.2, 0.25) is 0 Å². The molecule has 0 heterocycles. The summed E-state index contributed by atoms with van der Waals surface area (Å²) in [5.41, 5.74) is 0. The minimum atomic E-state index is -5.13. The van der Waals surface area contributed by atoms with Crippen molar-refractivity contribution in [1.29, 1.82) is 0 Å². The molecule has 0 fully saturated rings. The molecule has 0 saturated heterocycles. The van der Waals surface area contributed by atoms with E-state index < -0.39 is 33.4 Å². The average molecular weight is 503 g/mol. The molecule has 0 rings (SSSR count). The van der Waals surface area contributed by atoms with Crippen molar-refractivity contribution >= 4 is 22.1 Å². The van der Waals surface area contributed by atoms with E-state index in [-0.39, 0.29) is 81.8 Å². The fourth-order valence-electron chi connectivity index (χ4n) is 2.89. The molecule has 0 bridgehead atoms. The first-order chi connectivity index (χ1) is 14.2. The van der Waals surface area contributed by atoms with Crippen molar-refractivity contribution in [1.82, 2.24) is 0 Å². The maximum atomic E-state index is 12.4. The minimum absolute atomic E-state index is 0. The van der Waals surface area contributed by atoms with Crippen molar-refractivity contribution in [2.24, 2.45) is 0 Å². The van der Waals surface area contributed by atoms with E-state index >= 15 is 0 Å². The van der Waals surface area contributed by atoms with Crippen LogP contribution in [0, 0.1) is 0 Å². The number of unbranched alkanes of at least 4 members (excludes halogenated alkanes) is 9. The third-order valence-corrected chi connectivity index (χ3v) is 5.75. The third kappa shape index (κ3) is 15.6. The summed E-state index contributed by atoms with van der Waals surface area (Å²) < 4.78 is 43.3. The van der Waals surface area contributed by atoms with Gasteiger partial charge in [-0.15, -0.1) is 0 Å². The van der Waals surface area contributed by atoms with Gasteiger partial charge in [0.15, 0.2) is 0 Å². The van der Waals surface area contributed by atoms with Gasteiger partial charge in [-0.2, -0.15) is 13.3 Å². The number of rotatable bonds is 19. The molecule has 0 radical (unpaired) electrons. The molecule has 9 nitrogen and oxygen atoms in total. The summed E-state index contributed by atoms with van der Waals surface area (Å²) in [7, 11) is -5.13. The molecule has 0 aromatic rings. The Morgan fingerprint density at radius 3 is 1.78 bits per heavy atom. The number of carbonyl (C=O) groups excluding carboxylic acids is 2. The standard InChI is InChI=1S/C20H38O9S.2Na.2H/c1-4-7-8-9-10-11-12-13-14-15-16-26-19(22)20(27-5-2,30(23,24)25)17-18(21)29-28-6-3;;;;/h4-17H2,1-3H3,(H,23,24,25);;;;/q;2*+1;2*-1. The van der Waals surface area contributed by atoms with Gasteiger partial charge in [-0.25, -0.2) is 9.59 Å². The smallest absolute Gasteiger partial charge is 1.00 e. The van der Waals surface area contributed by atoms with Crippen LogP contribution in [0.25, 0.3) is 0 Å². The molecular weight excluding hydrogens is 462 g/mol. The van der Waals surface area contributed by atoms with Gasteiger partial charge in [-0.3, -0.25) is 9.44 Å². The normalized spacial score (nSPS) is 12.8. The van der Waals surface area contributed by atoms with Crippen molar-refractivity contribution in [2.75, 3.05) is 19.8 Å². The van der Waals surface area contributed by atoms with Gasteiger partial charge in [0.25, 0.3) is 0 Å². The third-order valence-electron chi connectivity index (χ3n) is 4.48. The van der Waals surface area contributed by atoms with Crippen LogP contribution < -0.4 is 59.1 Å². The molecule has 0 aromatic carbocycles. The molecular formula is C20H40Na2O9S. The van der Waals surface area contributed by atoms with E-state index in [1.54, 1.807) is 6.92 Å². The largest absolute Gasteiger partial charge is 1.00 e. The molecule has 1 atom stereocenters. The van der Waals surface area contributed by atoms with E-state index in [1.807, 2.05) is 0 Å². The van der Waals surface area contributed by atoms with Crippen LogP contribution in [0.3, 0.4) is 0 Å². The molecule has 1 N–H and O–H groups in total. The van der Waals surface area contributed by atoms with Crippen LogP contribution in [0.5, 0.6) is 0 Å². The monoisotopic (exact) mass is 502 g/mol. The Hall–Kier alpha value is 0.770. The summed E-state index contributed by atoms with van der Waals surface area (Å²) in [5.74, 6) is -2.53. The van der Waals surface area contributed by atoms with Gasteiger partial charge in [0, 0.05) is 6.61 Å². The molecule has 0 aliphatic rings. The second-order valence-electron chi connectivity index (χ2n) is 7.02. The van der Waals surface area contributed by atoms with E-state index in [2.05, 4.69) is 16.7 Å². The average Bonchev–Trinajstić information content (AvgIpc) is 2.69. The van der Waals surface area contributed by atoms with E-state index in [1.165, 1.54) is 45.4 Å². The molecule has 0 aliphatic heterocycles. The van der Waals surface area contributed by atoms with Crippen LogP contribution in [-0.4, -0.2) is 49.7 Å². The molecule has 32 heavy (non-hydrogen) atoms. The predicted octanol–water partition coefficient (Wildman–Crippen LogP) is -1.81. The summed E-state index contributed by atoms with van der Waals surface area (Å²) in [5, 5.41) is 0. The van der Waals surface area contributed by atoms with Gasteiger partial charge >= 0.3 is 86.1 Å². The van der Waals surface area contributed by atoms with E-state index in [9.17, 15) is 22.6 Å². The van der Waals surface area contributed by atoms with Crippen LogP contribution >= 0.6 is 0 Å². The number of esters is 1. The SMILES string of the molecule is CCCCCCCCCCCCOC(=O)C(CC(=O)OOCC)(OCC)S(=O)(=O)O.[H-].[H-].[Na+].[Na+]. The first-order valence-electron chi connectivity index (χ1n) is 10.9. The van der Waals surface area contributed by atoms with Crippen molar-refractivity contribution in [3.05, 3.63) is 0 Å². The Balaban J connectivity index is -0.000000701. The second-order valence-corrected chi connectivity index (χ2v) is 8.63. The Morgan fingerprint density at radius 2 is 1.34 bits per heavy atom. The van der Waals surface area contributed by atoms with Crippen LogP contribution in [0.2, 0.25) is 0 Å². The second kappa shape index (κ2) is 22.2. The van der Waals surface area contributed by atoms with E-state index in [0.29, 0.717) is 6.42 Å². The number of ether oxygens (including phenoxy) is 2. The van der Waals surface area contributed by atoms with Gasteiger partial charge in [0.1, 0.15) is 6.42 Å². The minimum Gasteiger partial charge on any atom is -1.00 e. The Bertz CT molecular complexity index is 599. The number of hydrogen-bond donors (Lipinski definition) is 1. The van der Waals surface area contributed by atoms with Crippen LogP contribution in [-0.2, 0) is 39.0 Å². The van der Waals surface area contributed by atoms with Gasteiger partial charge in [-0.1, -0.05) is 64.7 Å². The van der Waals surface area contributed by atoms with Crippen LogP contribution in [0.4, 0.5) is 0 Å². The summed E-state index contributed by atoms with van der Waals surface area (Å²) in [6, 6.07) is 0. The van der Waals surface area contributed by atoms with Crippen LogP contribution in [0.1, 0.15) is 94.3 Å². The van der Waals surface area contributed by atoms with Crippen molar-refractivity contribution < 1.29 is 104 Å². The molecule has 1 unspecified atom stereocenters. The number of carbonyl (C=O) groups is 2. The van der Waals surface area contributed by atoms with Crippen molar-refractivity contribution in [2.45, 2.75) is 96.3 Å². The molecule has 182 valence electrons. The van der Waals surface area contributed by atoms with Crippen molar-refractivity contribution in [3.63, 3.8) is 0 Å². The topological polar surface area (TPSA) is 125 Å². The fourth-order valence-corrected chi connectivity index (χ4v) is 3.73. The quantitative estimate of drug-likeness (QED) is 0.0543.